The first-order valence-electron chi connectivity index (χ1n) is 7.21. The van der Waals surface area contributed by atoms with E-state index in [1.54, 1.807) is 0 Å². The summed E-state index contributed by atoms with van der Waals surface area (Å²) in [5.41, 5.74) is 0. The van der Waals surface area contributed by atoms with Crippen LogP contribution in [0.4, 0.5) is 75.0 Å². The largest absolute Gasteiger partial charge is 0.508 e. The normalized spacial score (nSPS) is 15.2. The molecular weight excluding hydrogens is 576 g/mol. The van der Waals surface area contributed by atoms with E-state index < -0.39 is 72.6 Å². The molecule has 0 unspecified atom stereocenters. The zero-order valence-corrected chi connectivity index (χ0v) is 15.9. The van der Waals surface area contributed by atoms with E-state index in [0.29, 0.717) is 0 Å². The molecule has 0 spiro atoms. The van der Waals surface area contributed by atoms with Gasteiger partial charge < -0.3 is 9.47 Å². The number of alkyl halides is 17. The summed E-state index contributed by atoms with van der Waals surface area (Å²) in [7, 11) is 0. The zero-order chi connectivity index (χ0) is 26.2. The minimum atomic E-state index is -7.86. The molecule has 0 atom stereocenters. The Morgan fingerprint density at radius 1 is 0.688 bits per heavy atom. The van der Waals surface area contributed by atoms with Crippen LogP contribution in [-0.2, 0) is 9.47 Å². The fourth-order valence-electron chi connectivity index (χ4n) is 1.46. The molecule has 0 aliphatic heterocycles. The van der Waals surface area contributed by atoms with Gasteiger partial charge in [-0.3, -0.25) is 0 Å². The fourth-order valence-corrected chi connectivity index (χ4v) is 1.66. The summed E-state index contributed by atoms with van der Waals surface area (Å²) < 4.78 is 211. The second kappa shape index (κ2) is 9.11. The molecule has 0 aromatic heterocycles. The Morgan fingerprint density at radius 2 is 1.12 bits per heavy atom. The summed E-state index contributed by atoms with van der Waals surface area (Å²) in [6.07, 6.45) is -10.4. The quantitative estimate of drug-likeness (QED) is 0.157. The molecule has 0 N–H and O–H groups in total. The highest BCUT2D eigenvalue weighted by Crippen LogP contribution is 2.58. The van der Waals surface area contributed by atoms with E-state index in [-0.39, 0.29) is 0 Å². The first-order chi connectivity index (χ1) is 13.8. The lowest BCUT2D eigenvalue weighted by Crippen LogP contribution is -2.69. The summed E-state index contributed by atoms with van der Waals surface area (Å²) in [4.78, 5) is 5.96. The fraction of sp³-hybridized carbons (Fsp3) is 0.917. The van der Waals surface area contributed by atoms with Gasteiger partial charge in [-0.05, 0) is 15.9 Å². The predicted octanol–water partition coefficient (Wildman–Crippen LogP) is 6.59. The van der Waals surface area contributed by atoms with Gasteiger partial charge in [0.2, 0.25) is 0 Å². The Balaban J connectivity index is 5.35. The van der Waals surface area contributed by atoms with Crippen LogP contribution in [0.25, 0.3) is 0 Å². The van der Waals surface area contributed by atoms with E-state index in [2.05, 4.69) is 9.47 Å². The molecule has 0 aromatic rings. The van der Waals surface area contributed by atoms with Gasteiger partial charge in [0.15, 0.2) is 6.61 Å². The smallest absolute Gasteiger partial charge is 0.434 e. The van der Waals surface area contributed by atoms with Crippen molar-refractivity contribution in [3.63, 3.8) is 0 Å². The van der Waals surface area contributed by atoms with Crippen LogP contribution in [0.3, 0.4) is 0 Å². The third-order valence-corrected chi connectivity index (χ3v) is 3.94. The summed E-state index contributed by atoms with van der Waals surface area (Å²) >= 11 is 1.23. The van der Waals surface area contributed by atoms with Crippen molar-refractivity contribution in [1.29, 1.82) is 0 Å². The van der Waals surface area contributed by atoms with E-state index >= 15 is 0 Å². The van der Waals surface area contributed by atoms with Gasteiger partial charge in [0, 0.05) is 0 Å². The Kier molecular flexibility index (Phi) is 8.72. The van der Waals surface area contributed by atoms with E-state index in [9.17, 15) is 75.0 Å². The maximum Gasteiger partial charge on any atom is 0.508 e. The average Bonchev–Trinajstić information content (AvgIpc) is 2.58. The summed E-state index contributed by atoms with van der Waals surface area (Å²) in [6, 6.07) is 0. The van der Waals surface area contributed by atoms with Gasteiger partial charge in [0.1, 0.15) is 6.61 Å². The zero-order valence-electron chi connectivity index (χ0n) is 14.3. The minimum absolute atomic E-state index is 1.23. The van der Waals surface area contributed by atoms with Crippen LogP contribution in [0, 0.1) is 0 Å². The highest BCUT2D eigenvalue weighted by atomic mass is 79.9. The molecule has 0 aliphatic carbocycles. The van der Waals surface area contributed by atoms with Crippen molar-refractivity contribution < 1.29 is 84.5 Å². The van der Waals surface area contributed by atoms with Crippen LogP contribution in [-0.4, -0.2) is 66.2 Å². The highest BCUT2D eigenvalue weighted by Gasteiger charge is 2.87. The second-order valence-electron chi connectivity index (χ2n) is 5.69. The minimum Gasteiger partial charge on any atom is -0.434 e. The van der Waals surface area contributed by atoms with E-state index in [0.717, 1.165) is 0 Å². The van der Waals surface area contributed by atoms with Crippen LogP contribution >= 0.6 is 15.9 Å². The number of hydrogen-bond donors (Lipinski definition) is 0. The van der Waals surface area contributed by atoms with Crippen molar-refractivity contribution in [3.8, 4) is 0 Å². The summed E-state index contributed by atoms with van der Waals surface area (Å²) in [6.45, 7) is -5.10. The lowest BCUT2D eigenvalue weighted by Gasteiger charge is -2.38. The third-order valence-electron chi connectivity index (χ3n) is 3.36. The van der Waals surface area contributed by atoms with Gasteiger partial charge >= 0.3 is 52.9 Å². The van der Waals surface area contributed by atoms with Crippen molar-refractivity contribution >= 4 is 22.1 Å². The van der Waals surface area contributed by atoms with Crippen molar-refractivity contribution in [2.75, 3.05) is 13.2 Å². The topological polar surface area (TPSA) is 35.5 Å². The molecule has 192 valence electrons. The SMILES string of the molecule is O=C(OCCC(F)(F)C(F)(F)Br)OCC(F)(F)C(F)(F)C(F)(F)C(F)(F)C(F)(F)C(F)F. The van der Waals surface area contributed by atoms with Crippen molar-refractivity contribution in [3.05, 3.63) is 0 Å². The molecule has 3 nitrogen and oxygen atoms in total. The number of halogens is 17. The first-order valence-corrected chi connectivity index (χ1v) is 8.00. The standard InChI is InChI=1S/C12H7BrF16O3/c13-12(28,29)6(16,17)1-2-31-5(30)32-3-7(18,19)9(22,23)11(26,27)10(24,25)8(20,21)4(14)15/h4H,1-3H2. The van der Waals surface area contributed by atoms with Crippen LogP contribution in [0.2, 0.25) is 0 Å². The predicted molar refractivity (Wildman–Crippen MR) is 71.5 cm³/mol. The lowest BCUT2D eigenvalue weighted by molar-refractivity contribution is -0.414. The number of ether oxygens (including phenoxy) is 2. The van der Waals surface area contributed by atoms with Gasteiger partial charge in [0.05, 0.1) is 6.42 Å². The highest BCUT2D eigenvalue weighted by molar-refractivity contribution is 9.10. The van der Waals surface area contributed by atoms with Gasteiger partial charge in [-0.15, -0.1) is 0 Å². The van der Waals surface area contributed by atoms with Crippen molar-refractivity contribution in [1.82, 2.24) is 0 Å². The molecule has 0 fully saturated rings. The van der Waals surface area contributed by atoms with Crippen LogP contribution in [0.1, 0.15) is 6.42 Å². The lowest BCUT2D eigenvalue weighted by atomic mass is 9.94. The monoisotopic (exact) mass is 582 g/mol. The van der Waals surface area contributed by atoms with Crippen molar-refractivity contribution in [2.45, 2.75) is 53.2 Å². The number of hydrogen-bond acceptors (Lipinski definition) is 3. The number of carbonyl (C=O) groups excluding carboxylic acids is 1. The Labute approximate surface area is 174 Å². The first kappa shape index (κ1) is 30.6. The summed E-state index contributed by atoms with van der Waals surface area (Å²) in [5.74, 6) is -42.0. The molecule has 0 heterocycles. The van der Waals surface area contributed by atoms with E-state index in [1.165, 1.54) is 15.9 Å². The Bertz CT molecular complexity index is 659. The van der Waals surface area contributed by atoms with E-state index in [1.807, 2.05) is 0 Å². The van der Waals surface area contributed by atoms with Crippen LogP contribution < -0.4 is 0 Å². The Morgan fingerprint density at radius 3 is 1.50 bits per heavy atom. The van der Waals surface area contributed by atoms with E-state index in [4.69, 9.17) is 0 Å². The average molecular weight is 583 g/mol. The summed E-state index contributed by atoms with van der Waals surface area (Å²) in [5, 5.41) is 0. The molecule has 0 radical (unpaired) electrons. The molecule has 0 saturated heterocycles. The maximum absolute atomic E-state index is 13.3. The molecule has 0 aromatic carbocycles. The molecule has 0 bridgehead atoms. The molecule has 0 amide bonds. The van der Waals surface area contributed by atoms with Gasteiger partial charge in [-0.25, -0.2) is 13.6 Å². The molecule has 20 heteroatoms. The Hall–Kier alpha value is -1.37. The van der Waals surface area contributed by atoms with Crippen molar-refractivity contribution in [2.24, 2.45) is 0 Å². The third kappa shape index (κ3) is 5.57. The molecule has 0 aliphatic rings. The van der Waals surface area contributed by atoms with Crippen LogP contribution in [0.5, 0.6) is 0 Å². The molecule has 32 heavy (non-hydrogen) atoms. The number of rotatable bonds is 11. The molecule has 0 rings (SSSR count). The van der Waals surface area contributed by atoms with Gasteiger partial charge in [-0.1, -0.05) is 0 Å². The molecular formula is C12H7BrF16O3. The van der Waals surface area contributed by atoms with Gasteiger partial charge in [0.25, 0.3) is 0 Å². The molecule has 0 saturated carbocycles. The van der Waals surface area contributed by atoms with Crippen LogP contribution in [0.15, 0.2) is 0 Å². The number of carbonyl (C=O) groups is 1. The second-order valence-corrected chi connectivity index (χ2v) is 6.69. The maximum atomic E-state index is 13.3. The van der Waals surface area contributed by atoms with Gasteiger partial charge in [-0.2, -0.15) is 61.5 Å².